The maximum atomic E-state index is 10.7. The van der Waals surface area contributed by atoms with E-state index in [0.717, 1.165) is 11.3 Å². The number of hydrogen-bond acceptors (Lipinski definition) is 3. The standard InChI is InChI=1S/C11H10ClN3O/c1-7-3-4-9(12)5-11(7)15-8(2)10(6-16)13-14-15/h3-6H,1-2H3. The summed E-state index contributed by atoms with van der Waals surface area (Å²) in [6.45, 7) is 3.75. The second kappa shape index (κ2) is 4.06. The van der Waals surface area contributed by atoms with Crippen LogP contribution in [0.1, 0.15) is 21.7 Å². The third-order valence-corrected chi connectivity index (χ3v) is 2.68. The quantitative estimate of drug-likeness (QED) is 0.751. The van der Waals surface area contributed by atoms with Crippen LogP contribution in [0, 0.1) is 13.8 Å². The predicted octanol–water partition coefficient (Wildman–Crippen LogP) is 2.35. The molecule has 0 N–H and O–H groups in total. The van der Waals surface area contributed by atoms with Crippen LogP contribution in [-0.4, -0.2) is 21.3 Å². The fourth-order valence-electron chi connectivity index (χ4n) is 1.49. The molecule has 0 bridgehead atoms. The number of rotatable bonds is 2. The second-order valence-corrected chi connectivity index (χ2v) is 3.96. The number of aldehydes is 1. The zero-order valence-electron chi connectivity index (χ0n) is 8.94. The molecule has 2 aromatic rings. The molecule has 0 unspecified atom stereocenters. The average Bonchev–Trinajstić information content (AvgIpc) is 2.63. The van der Waals surface area contributed by atoms with Gasteiger partial charge in [-0.25, -0.2) is 4.68 Å². The Bertz CT molecular complexity index is 548. The summed E-state index contributed by atoms with van der Waals surface area (Å²) in [5.74, 6) is 0. The third kappa shape index (κ3) is 1.72. The van der Waals surface area contributed by atoms with Crippen LogP contribution in [0.25, 0.3) is 5.69 Å². The normalized spacial score (nSPS) is 10.4. The predicted molar refractivity (Wildman–Crippen MR) is 61.2 cm³/mol. The van der Waals surface area contributed by atoms with Crippen LogP contribution in [0.3, 0.4) is 0 Å². The minimum absolute atomic E-state index is 0.347. The van der Waals surface area contributed by atoms with Crippen molar-refractivity contribution in [3.05, 3.63) is 40.2 Å². The minimum atomic E-state index is 0.347. The lowest BCUT2D eigenvalue weighted by molar-refractivity contribution is 0.111. The summed E-state index contributed by atoms with van der Waals surface area (Å²) in [5.41, 5.74) is 2.92. The molecule has 0 spiro atoms. The molecular weight excluding hydrogens is 226 g/mol. The Morgan fingerprint density at radius 3 is 2.75 bits per heavy atom. The Labute approximate surface area is 97.8 Å². The molecular formula is C11H10ClN3O. The molecule has 1 heterocycles. The van der Waals surface area contributed by atoms with Crippen LogP contribution in [0.5, 0.6) is 0 Å². The van der Waals surface area contributed by atoms with E-state index in [0.29, 0.717) is 22.7 Å². The molecule has 0 fully saturated rings. The van der Waals surface area contributed by atoms with Gasteiger partial charge in [0.05, 0.1) is 11.4 Å². The molecule has 2 rings (SSSR count). The highest BCUT2D eigenvalue weighted by molar-refractivity contribution is 6.30. The summed E-state index contributed by atoms with van der Waals surface area (Å²) in [7, 11) is 0. The average molecular weight is 236 g/mol. The highest BCUT2D eigenvalue weighted by Gasteiger charge is 2.11. The molecule has 5 heteroatoms. The number of carbonyl (C=O) groups excluding carboxylic acids is 1. The van der Waals surface area contributed by atoms with Crippen LogP contribution >= 0.6 is 11.6 Å². The summed E-state index contributed by atoms with van der Waals surface area (Å²) in [4.78, 5) is 10.7. The van der Waals surface area contributed by atoms with E-state index in [1.807, 2.05) is 19.1 Å². The lowest BCUT2D eigenvalue weighted by Crippen LogP contribution is -2.01. The van der Waals surface area contributed by atoms with E-state index >= 15 is 0 Å². The summed E-state index contributed by atoms with van der Waals surface area (Å²) < 4.78 is 1.62. The van der Waals surface area contributed by atoms with Gasteiger partial charge < -0.3 is 0 Å². The molecule has 0 aliphatic rings. The van der Waals surface area contributed by atoms with Crippen molar-refractivity contribution in [1.29, 1.82) is 0 Å². The fraction of sp³-hybridized carbons (Fsp3) is 0.182. The van der Waals surface area contributed by atoms with Crippen LogP contribution in [0.2, 0.25) is 5.02 Å². The van der Waals surface area contributed by atoms with Gasteiger partial charge in [-0.1, -0.05) is 22.9 Å². The van der Waals surface area contributed by atoms with Crippen molar-refractivity contribution in [1.82, 2.24) is 15.0 Å². The fourth-order valence-corrected chi connectivity index (χ4v) is 1.66. The monoisotopic (exact) mass is 235 g/mol. The molecule has 0 aliphatic carbocycles. The first-order chi connectivity index (χ1) is 7.63. The van der Waals surface area contributed by atoms with Gasteiger partial charge in [-0.2, -0.15) is 0 Å². The number of halogens is 1. The van der Waals surface area contributed by atoms with Crippen molar-refractivity contribution >= 4 is 17.9 Å². The van der Waals surface area contributed by atoms with Gasteiger partial charge in [-0.3, -0.25) is 4.79 Å². The first-order valence-corrected chi connectivity index (χ1v) is 5.15. The number of hydrogen-bond donors (Lipinski definition) is 0. The van der Waals surface area contributed by atoms with E-state index in [1.165, 1.54) is 0 Å². The number of nitrogens with zero attached hydrogens (tertiary/aromatic N) is 3. The zero-order valence-corrected chi connectivity index (χ0v) is 9.69. The van der Waals surface area contributed by atoms with E-state index < -0.39 is 0 Å². The molecule has 0 aliphatic heterocycles. The van der Waals surface area contributed by atoms with Crippen LogP contribution in [0.15, 0.2) is 18.2 Å². The SMILES string of the molecule is Cc1ccc(Cl)cc1-n1nnc(C=O)c1C. The van der Waals surface area contributed by atoms with E-state index in [-0.39, 0.29) is 0 Å². The summed E-state index contributed by atoms with van der Waals surface area (Å²) in [6.07, 6.45) is 0.693. The molecule has 1 aromatic carbocycles. The van der Waals surface area contributed by atoms with Crippen molar-refractivity contribution < 1.29 is 4.79 Å². The van der Waals surface area contributed by atoms with Gasteiger partial charge in [-0.15, -0.1) is 5.10 Å². The Balaban J connectivity index is 2.62. The van der Waals surface area contributed by atoms with Crippen molar-refractivity contribution in [2.75, 3.05) is 0 Å². The van der Waals surface area contributed by atoms with E-state index in [2.05, 4.69) is 10.3 Å². The maximum absolute atomic E-state index is 10.7. The van der Waals surface area contributed by atoms with Gasteiger partial charge in [0.2, 0.25) is 0 Å². The largest absolute Gasteiger partial charge is 0.296 e. The summed E-state index contributed by atoms with van der Waals surface area (Å²) >= 11 is 5.93. The first kappa shape index (κ1) is 10.8. The zero-order chi connectivity index (χ0) is 11.7. The van der Waals surface area contributed by atoms with Crippen LogP contribution < -0.4 is 0 Å². The van der Waals surface area contributed by atoms with E-state index in [1.54, 1.807) is 17.7 Å². The highest BCUT2D eigenvalue weighted by atomic mass is 35.5. The van der Waals surface area contributed by atoms with Crippen LogP contribution in [0.4, 0.5) is 0 Å². The number of benzene rings is 1. The lowest BCUT2D eigenvalue weighted by atomic mass is 10.2. The van der Waals surface area contributed by atoms with Gasteiger partial charge in [0.15, 0.2) is 6.29 Å². The highest BCUT2D eigenvalue weighted by Crippen LogP contribution is 2.20. The molecule has 1 aromatic heterocycles. The smallest absolute Gasteiger partial charge is 0.172 e. The van der Waals surface area contributed by atoms with Crippen molar-refractivity contribution in [2.24, 2.45) is 0 Å². The number of aromatic nitrogens is 3. The minimum Gasteiger partial charge on any atom is -0.296 e. The summed E-state index contributed by atoms with van der Waals surface area (Å²) in [6, 6.07) is 5.51. The number of aryl methyl sites for hydroxylation is 1. The molecule has 0 atom stereocenters. The second-order valence-electron chi connectivity index (χ2n) is 3.52. The van der Waals surface area contributed by atoms with Crippen molar-refractivity contribution in [3.63, 3.8) is 0 Å². The van der Waals surface area contributed by atoms with E-state index in [9.17, 15) is 4.79 Å². The third-order valence-electron chi connectivity index (χ3n) is 2.44. The van der Waals surface area contributed by atoms with E-state index in [4.69, 9.17) is 11.6 Å². The molecule has 16 heavy (non-hydrogen) atoms. The topological polar surface area (TPSA) is 47.8 Å². The molecule has 0 radical (unpaired) electrons. The lowest BCUT2D eigenvalue weighted by Gasteiger charge is -2.07. The molecule has 4 nitrogen and oxygen atoms in total. The first-order valence-electron chi connectivity index (χ1n) is 4.77. The van der Waals surface area contributed by atoms with Gasteiger partial charge in [-0.05, 0) is 31.5 Å². The maximum Gasteiger partial charge on any atom is 0.172 e. The molecule has 0 saturated heterocycles. The Morgan fingerprint density at radius 2 is 2.12 bits per heavy atom. The van der Waals surface area contributed by atoms with Crippen molar-refractivity contribution in [2.45, 2.75) is 13.8 Å². The Morgan fingerprint density at radius 1 is 1.38 bits per heavy atom. The molecule has 0 amide bonds. The Hall–Kier alpha value is -1.68. The molecule has 82 valence electrons. The van der Waals surface area contributed by atoms with Gasteiger partial charge in [0, 0.05) is 5.02 Å². The molecule has 0 saturated carbocycles. The number of carbonyl (C=O) groups is 1. The van der Waals surface area contributed by atoms with Crippen LogP contribution in [-0.2, 0) is 0 Å². The van der Waals surface area contributed by atoms with Gasteiger partial charge >= 0.3 is 0 Å². The van der Waals surface area contributed by atoms with Gasteiger partial charge in [0.1, 0.15) is 5.69 Å². The summed E-state index contributed by atoms with van der Waals surface area (Å²) in [5, 5.41) is 8.35. The van der Waals surface area contributed by atoms with Crippen molar-refractivity contribution in [3.8, 4) is 5.69 Å². The van der Waals surface area contributed by atoms with Gasteiger partial charge in [0.25, 0.3) is 0 Å². The Kier molecular flexibility index (Phi) is 2.75.